The first kappa shape index (κ1) is 61.3. The Hall–Kier alpha value is -0.870. The van der Waals surface area contributed by atoms with Crippen LogP contribution < -0.4 is 0 Å². The zero-order valence-corrected chi connectivity index (χ0v) is 49.0. The van der Waals surface area contributed by atoms with Crippen molar-refractivity contribution in [3.05, 3.63) is 11.1 Å². The predicted octanol–water partition coefficient (Wildman–Crippen LogP) is 21.2. The summed E-state index contributed by atoms with van der Waals surface area (Å²) < 4.78 is 7.60. The Bertz CT molecular complexity index is 1350. The van der Waals surface area contributed by atoms with Crippen molar-refractivity contribution >= 4 is 5.97 Å². The van der Waals surface area contributed by atoms with Crippen LogP contribution in [-0.2, 0) is 9.53 Å². The Morgan fingerprint density at radius 3 is 0.781 bits per heavy atom. The molecule has 6 aliphatic rings. The molecule has 6 aliphatic carbocycles. The number of hydrogen-bond donors (Lipinski definition) is 2. The molecule has 2 N–H and O–H groups in total. The van der Waals surface area contributed by atoms with Crippen molar-refractivity contribution in [1.29, 1.82) is 0 Å². The van der Waals surface area contributed by atoms with Gasteiger partial charge < -0.3 is 14.9 Å². The summed E-state index contributed by atoms with van der Waals surface area (Å²) in [5.41, 5.74) is 0.0971. The van der Waals surface area contributed by atoms with Gasteiger partial charge in [-0.2, -0.15) is 0 Å². The molecule has 0 aromatic rings. The van der Waals surface area contributed by atoms with Gasteiger partial charge >= 0.3 is 5.97 Å². The van der Waals surface area contributed by atoms with Crippen molar-refractivity contribution in [3.8, 4) is 0 Å². The Morgan fingerprint density at radius 2 is 0.521 bits per heavy atom. The summed E-state index contributed by atoms with van der Waals surface area (Å²) in [6, 6.07) is 0. The lowest BCUT2D eigenvalue weighted by Gasteiger charge is -2.52. The average molecular weight is 1020 g/mol. The molecule has 6 saturated carbocycles. The lowest BCUT2D eigenvalue weighted by atomic mass is 9.57. The molecule has 0 saturated heterocycles. The van der Waals surface area contributed by atoms with Crippen molar-refractivity contribution in [1.82, 2.24) is 0 Å². The van der Waals surface area contributed by atoms with Crippen LogP contribution in [-0.4, -0.2) is 33.5 Å². The molecule has 0 bridgehead atoms. The van der Waals surface area contributed by atoms with Crippen molar-refractivity contribution in [3.63, 3.8) is 0 Å². The molecule has 6 fully saturated rings. The van der Waals surface area contributed by atoms with Gasteiger partial charge in [-0.25, -0.2) is 4.79 Å². The molecule has 6 rings (SSSR count). The van der Waals surface area contributed by atoms with Gasteiger partial charge in [0, 0.05) is 11.5 Å². The van der Waals surface area contributed by atoms with Crippen LogP contribution in [0.1, 0.15) is 361 Å². The number of ether oxygens (including phenoxy) is 1. The molecule has 0 heterocycles. The minimum Gasteiger partial charge on any atom is -0.456 e. The Balaban J connectivity index is 1.50. The number of carbonyl (C=O) groups is 1. The highest BCUT2D eigenvalue weighted by Gasteiger charge is 2.55. The van der Waals surface area contributed by atoms with Crippen LogP contribution >= 0.6 is 0 Å². The number of carbonyl (C=O) groups excluding carboxylic acids is 1. The van der Waals surface area contributed by atoms with Crippen LogP contribution in [0.15, 0.2) is 11.1 Å². The van der Waals surface area contributed by atoms with E-state index in [1.165, 1.54) is 288 Å². The monoisotopic (exact) mass is 1020 g/mol. The zero-order valence-electron chi connectivity index (χ0n) is 49.0. The van der Waals surface area contributed by atoms with E-state index in [9.17, 15) is 10.2 Å². The Morgan fingerprint density at radius 1 is 0.315 bits per heavy atom. The molecule has 2 unspecified atom stereocenters. The zero-order chi connectivity index (χ0) is 51.2. The van der Waals surface area contributed by atoms with E-state index in [0.29, 0.717) is 5.92 Å². The number of aliphatic hydroxyl groups is 2. The summed E-state index contributed by atoms with van der Waals surface area (Å²) in [4.78, 5) is 16.2. The molecule has 0 spiro atoms. The maximum atomic E-state index is 16.2. The fourth-order valence-corrected chi connectivity index (χ4v) is 17.3. The van der Waals surface area contributed by atoms with Crippen LogP contribution in [0.4, 0.5) is 0 Å². The summed E-state index contributed by atoms with van der Waals surface area (Å²) in [6.07, 6.45) is 66.6. The second-order valence-corrected chi connectivity index (χ2v) is 27.0. The van der Waals surface area contributed by atoms with E-state index in [-0.39, 0.29) is 41.5 Å². The minimum absolute atomic E-state index is 0.0390. The van der Waals surface area contributed by atoms with Crippen LogP contribution in [0.2, 0.25) is 0 Å². The molecule has 4 heteroatoms. The molecule has 0 aliphatic heterocycles. The van der Waals surface area contributed by atoms with E-state index in [2.05, 4.69) is 13.8 Å². The molecule has 0 aromatic carbocycles. The van der Waals surface area contributed by atoms with Crippen molar-refractivity contribution in [2.45, 2.75) is 378 Å². The first-order valence-corrected chi connectivity index (χ1v) is 34.2. The van der Waals surface area contributed by atoms with Crippen molar-refractivity contribution in [2.75, 3.05) is 0 Å². The fraction of sp³-hybridized carbons (Fsp3) is 0.957. The lowest BCUT2D eigenvalue weighted by Crippen LogP contribution is -2.59. The van der Waals surface area contributed by atoms with Crippen LogP contribution in [0.3, 0.4) is 0 Å². The third-order valence-corrected chi connectivity index (χ3v) is 21.8. The Kier molecular flexibility index (Phi) is 29.9. The topological polar surface area (TPSA) is 66.8 Å². The first-order valence-electron chi connectivity index (χ1n) is 34.2. The van der Waals surface area contributed by atoms with Gasteiger partial charge in [-0.05, 0) is 126 Å². The van der Waals surface area contributed by atoms with Gasteiger partial charge in [0.1, 0.15) is 11.7 Å². The smallest absolute Gasteiger partial charge is 0.334 e. The third-order valence-electron chi connectivity index (χ3n) is 21.8. The van der Waals surface area contributed by atoms with E-state index in [1.54, 1.807) is 0 Å². The van der Waals surface area contributed by atoms with Crippen LogP contribution in [0.25, 0.3) is 0 Å². The third kappa shape index (κ3) is 19.8. The van der Waals surface area contributed by atoms with Gasteiger partial charge in [0.15, 0.2) is 0 Å². The molecular weight excluding hydrogens is 893 g/mol. The average Bonchev–Trinajstić information content (AvgIpc) is 3.42. The van der Waals surface area contributed by atoms with Crippen molar-refractivity contribution in [2.24, 2.45) is 41.4 Å². The number of rotatable bonds is 11. The normalized spacial score (nSPS) is 26.5. The molecule has 0 aromatic heterocycles. The molecular formula is C69H124O4. The Labute approximate surface area is 454 Å². The molecule has 73 heavy (non-hydrogen) atoms. The van der Waals surface area contributed by atoms with Gasteiger partial charge in [-0.3, -0.25) is 0 Å². The van der Waals surface area contributed by atoms with E-state index in [1.807, 2.05) is 0 Å². The highest BCUT2D eigenvalue weighted by atomic mass is 16.6. The van der Waals surface area contributed by atoms with Gasteiger partial charge in [0.2, 0.25) is 0 Å². The molecule has 4 nitrogen and oxygen atoms in total. The summed E-state index contributed by atoms with van der Waals surface area (Å²) >= 11 is 0. The van der Waals surface area contributed by atoms with E-state index < -0.39 is 17.3 Å². The first-order chi connectivity index (χ1) is 35.8. The predicted molar refractivity (Wildman–Crippen MR) is 312 cm³/mol. The van der Waals surface area contributed by atoms with Gasteiger partial charge in [-0.15, -0.1) is 0 Å². The highest BCUT2D eigenvalue weighted by molar-refractivity contribution is 5.89. The largest absolute Gasteiger partial charge is 0.456 e. The van der Waals surface area contributed by atoms with E-state index in [4.69, 9.17) is 4.74 Å². The van der Waals surface area contributed by atoms with Gasteiger partial charge in [0.05, 0.1) is 5.60 Å². The maximum Gasteiger partial charge on any atom is 0.334 e. The van der Waals surface area contributed by atoms with E-state index in [0.717, 1.165) is 69.8 Å². The second-order valence-electron chi connectivity index (χ2n) is 27.0. The van der Waals surface area contributed by atoms with Gasteiger partial charge in [-0.1, -0.05) is 275 Å². The van der Waals surface area contributed by atoms with Crippen LogP contribution in [0.5, 0.6) is 0 Å². The highest BCUT2D eigenvalue weighted by Crippen LogP contribution is 2.53. The quantitative estimate of drug-likeness (QED) is 0.160. The van der Waals surface area contributed by atoms with E-state index >= 15 is 4.79 Å². The lowest BCUT2D eigenvalue weighted by molar-refractivity contribution is -0.202. The molecule has 2 atom stereocenters. The SMILES string of the molecule is CC(C(=O)OC(C1CCCCCCCCC1)C(O)(C1CCCCCCCCC1)C1CCCCCCCCC1)=C(C)C(C1CCCCCCCCC1)C(O)(C1CCCCCCCCC1)C1CCCCCCCCC1. The number of esters is 1. The summed E-state index contributed by atoms with van der Waals surface area (Å²) in [5.74, 6) is 1.23. The maximum absolute atomic E-state index is 16.2. The second kappa shape index (κ2) is 35.6. The summed E-state index contributed by atoms with van der Waals surface area (Å²) in [5, 5.41) is 29.5. The summed E-state index contributed by atoms with van der Waals surface area (Å²) in [6.45, 7) is 4.50. The molecule has 424 valence electrons. The molecule has 0 radical (unpaired) electrons. The fourth-order valence-electron chi connectivity index (χ4n) is 17.3. The van der Waals surface area contributed by atoms with Gasteiger partial charge in [0.25, 0.3) is 0 Å². The standard InChI is InChI=1S/C69H124O4/c1-57(65(59-45-33-21-9-3-10-22-34-46-59)68(71,61-49-37-25-13-5-14-26-38-50-61)62-51-39-27-15-6-16-28-40-52-62)58(2)67(70)73-66(60-47-35-23-11-4-12-24-36-48-60)69(72,63-53-41-29-17-7-18-30-42-54-63)64-55-43-31-19-8-20-32-44-56-64/h59-66,71-72H,3-56H2,1-2H3. The molecule has 0 amide bonds. The summed E-state index contributed by atoms with van der Waals surface area (Å²) in [7, 11) is 0. The van der Waals surface area contributed by atoms with Crippen molar-refractivity contribution < 1.29 is 19.7 Å². The number of hydrogen-bond acceptors (Lipinski definition) is 4. The minimum atomic E-state index is -1.03. The van der Waals surface area contributed by atoms with Crippen LogP contribution in [0, 0.1) is 41.4 Å².